The highest BCUT2D eigenvalue weighted by atomic mass is 16.5. The second-order valence-electron chi connectivity index (χ2n) is 6.49. The molecule has 3 heteroatoms. The van der Waals surface area contributed by atoms with Gasteiger partial charge in [0.1, 0.15) is 23.7 Å². The van der Waals surface area contributed by atoms with Crippen molar-refractivity contribution in [1.29, 1.82) is 0 Å². The zero-order valence-electron chi connectivity index (χ0n) is 11.5. The van der Waals surface area contributed by atoms with Crippen LogP contribution in [-0.4, -0.2) is 22.9 Å². The first kappa shape index (κ1) is 11.6. The molecule has 3 nitrogen and oxygen atoms in total. The lowest BCUT2D eigenvalue weighted by atomic mass is 9.93. The van der Waals surface area contributed by atoms with Gasteiger partial charge >= 0.3 is 0 Å². The van der Waals surface area contributed by atoms with Gasteiger partial charge < -0.3 is 14.6 Å². The van der Waals surface area contributed by atoms with Crippen LogP contribution in [0.2, 0.25) is 0 Å². The van der Waals surface area contributed by atoms with E-state index in [2.05, 4.69) is 19.9 Å². The van der Waals surface area contributed by atoms with E-state index < -0.39 is 5.60 Å². The third-order valence-electron chi connectivity index (χ3n) is 4.51. The van der Waals surface area contributed by atoms with Gasteiger partial charge in [-0.3, -0.25) is 0 Å². The fraction of sp³-hybridized carbons (Fsp3) is 0.625. The van der Waals surface area contributed by atoms with Gasteiger partial charge in [-0.15, -0.1) is 0 Å². The Balaban J connectivity index is 1.82. The van der Waals surface area contributed by atoms with E-state index in [-0.39, 0.29) is 12.2 Å². The van der Waals surface area contributed by atoms with E-state index in [0.29, 0.717) is 0 Å². The van der Waals surface area contributed by atoms with E-state index in [1.54, 1.807) is 0 Å². The fourth-order valence-corrected chi connectivity index (χ4v) is 3.35. The van der Waals surface area contributed by atoms with Gasteiger partial charge in [0.25, 0.3) is 0 Å². The number of aliphatic hydroxyl groups is 1. The predicted octanol–water partition coefficient (Wildman–Crippen LogP) is 2.40. The monoisotopic (exact) mass is 260 g/mol. The van der Waals surface area contributed by atoms with Crippen molar-refractivity contribution in [1.82, 2.24) is 0 Å². The summed E-state index contributed by atoms with van der Waals surface area (Å²) in [6, 6.07) is 2.15. The summed E-state index contributed by atoms with van der Waals surface area (Å²) in [6.45, 7) is 4.20. The highest BCUT2D eigenvalue weighted by molar-refractivity contribution is 5.58. The lowest BCUT2D eigenvalue weighted by molar-refractivity contribution is 0.148. The minimum atomic E-state index is -0.482. The van der Waals surface area contributed by atoms with Crippen LogP contribution in [0.1, 0.15) is 43.4 Å². The van der Waals surface area contributed by atoms with E-state index >= 15 is 0 Å². The molecule has 0 amide bonds. The molecule has 1 aliphatic carbocycles. The van der Waals surface area contributed by atoms with Gasteiger partial charge in [-0.25, -0.2) is 0 Å². The minimum Gasteiger partial charge on any atom is -0.490 e. The van der Waals surface area contributed by atoms with Crippen molar-refractivity contribution < 1.29 is 14.6 Å². The zero-order chi connectivity index (χ0) is 13.2. The summed E-state index contributed by atoms with van der Waals surface area (Å²) in [7, 11) is 0. The van der Waals surface area contributed by atoms with Crippen molar-refractivity contribution in [2.24, 2.45) is 0 Å². The average Bonchev–Trinajstić information content (AvgIpc) is 2.77. The van der Waals surface area contributed by atoms with Gasteiger partial charge in [0.05, 0.1) is 5.60 Å². The van der Waals surface area contributed by atoms with Crippen LogP contribution in [0.3, 0.4) is 0 Å². The molecule has 19 heavy (non-hydrogen) atoms. The third-order valence-corrected chi connectivity index (χ3v) is 4.51. The highest BCUT2D eigenvalue weighted by Gasteiger charge is 2.43. The number of ether oxygens (including phenoxy) is 2. The van der Waals surface area contributed by atoms with Crippen LogP contribution in [0.25, 0.3) is 0 Å². The van der Waals surface area contributed by atoms with E-state index in [1.807, 2.05) is 0 Å². The van der Waals surface area contributed by atoms with E-state index in [1.165, 1.54) is 16.7 Å². The van der Waals surface area contributed by atoms with Crippen molar-refractivity contribution in [3.63, 3.8) is 0 Å². The molecule has 1 N–H and O–H groups in total. The third kappa shape index (κ3) is 1.83. The molecule has 2 atom stereocenters. The summed E-state index contributed by atoms with van der Waals surface area (Å²) >= 11 is 0. The Labute approximate surface area is 113 Å². The van der Waals surface area contributed by atoms with Crippen LogP contribution in [0.5, 0.6) is 11.5 Å². The molecule has 2 heterocycles. The molecule has 2 unspecified atom stereocenters. The molecule has 102 valence electrons. The fourth-order valence-electron chi connectivity index (χ4n) is 3.35. The lowest BCUT2D eigenvalue weighted by Crippen LogP contribution is -2.14. The maximum atomic E-state index is 10.3. The van der Waals surface area contributed by atoms with Crippen LogP contribution < -0.4 is 9.47 Å². The van der Waals surface area contributed by atoms with Crippen LogP contribution in [-0.2, 0) is 19.3 Å². The van der Waals surface area contributed by atoms with Crippen LogP contribution in [0.4, 0.5) is 0 Å². The Kier molecular flexibility index (Phi) is 2.23. The Morgan fingerprint density at radius 2 is 1.95 bits per heavy atom. The molecular weight excluding hydrogens is 240 g/mol. The Bertz CT molecular complexity index is 509. The van der Waals surface area contributed by atoms with E-state index in [0.717, 1.165) is 43.6 Å². The molecule has 4 rings (SSSR count). The SMILES string of the molecule is CC1Cc2c(cc3c(c2CC2(O)CC2)OC(C)C3)O1. The Morgan fingerprint density at radius 3 is 2.68 bits per heavy atom. The van der Waals surface area contributed by atoms with E-state index in [4.69, 9.17) is 9.47 Å². The van der Waals surface area contributed by atoms with Crippen molar-refractivity contribution in [3.8, 4) is 11.5 Å². The lowest BCUT2D eigenvalue weighted by Gasteiger charge is -2.16. The van der Waals surface area contributed by atoms with Crippen LogP contribution in [0.15, 0.2) is 6.07 Å². The molecule has 0 bridgehead atoms. The highest BCUT2D eigenvalue weighted by Crippen LogP contribution is 2.48. The smallest absolute Gasteiger partial charge is 0.126 e. The maximum Gasteiger partial charge on any atom is 0.126 e. The second kappa shape index (κ2) is 3.66. The second-order valence-corrected chi connectivity index (χ2v) is 6.49. The summed E-state index contributed by atoms with van der Waals surface area (Å²) in [5.41, 5.74) is 3.24. The maximum absolute atomic E-state index is 10.3. The summed E-state index contributed by atoms with van der Waals surface area (Å²) in [5, 5.41) is 10.3. The van der Waals surface area contributed by atoms with Crippen LogP contribution >= 0.6 is 0 Å². The van der Waals surface area contributed by atoms with Gasteiger partial charge in [-0.2, -0.15) is 0 Å². The molecule has 1 saturated carbocycles. The van der Waals surface area contributed by atoms with Crippen LogP contribution in [0, 0.1) is 0 Å². The number of fused-ring (bicyclic) bond motifs is 2. The number of hydrogen-bond donors (Lipinski definition) is 1. The van der Waals surface area contributed by atoms with Gasteiger partial charge in [0.15, 0.2) is 0 Å². The Hall–Kier alpha value is -1.22. The van der Waals surface area contributed by atoms with Gasteiger partial charge in [-0.05, 0) is 32.8 Å². The molecule has 1 aromatic rings. The van der Waals surface area contributed by atoms with Gasteiger partial charge in [0.2, 0.25) is 0 Å². The average molecular weight is 260 g/mol. The predicted molar refractivity (Wildman–Crippen MR) is 71.9 cm³/mol. The first-order valence-electron chi connectivity index (χ1n) is 7.27. The molecule has 0 radical (unpaired) electrons. The number of rotatable bonds is 2. The summed E-state index contributed by atoms with van der Waals surface area (Å²) in [4.78, 5) is 0. The first-order valence-corrected chi connectivity index (χ1v) is 7.27. The van der Waals surface area contributed by atoms with Gasteiger partial charge in [0, 0.05) is 36.0 Å². The van der Waals surface area contributed by atoms with Crippen molar-refractivity contribution in [2.45, 2.75) is 63.8 Å². The summed E-state index contributed by atoms with van der Waals surface area (Å²) in [6.07, 6.45) is 4.92. The number of hydrogen-bond acceptors (Lipinski definition) is 3. The molecule has 1 aromatic carbocycles. The zero-order valence-corrected chi connectivity index (χ0v) is 11.5. The summed E-state index contributed by atoms with van der Waals surface area (Å²) in [5.74, 6) is 2.05. The molecule has 2 aliphatic heterocycles. The molecule has 0 saturated heterocycles. The Morgan fingerprint density at radius 1 is 1.21 bits per heavy atom. The van der Waals surface area contributed by atoms with Crippen molar-refractivity contribution in [3.05, 3.63) is 22.8 Å². The molecule has 3 aliphatic rings. The molecule has 0 aromatic heterocycles. The normalized spacial score (nSPS) is 29.4. The quantitative estimate of drug-likeness (QED) is 0.887. The topological polar surface area (TPSA) is 38.7 Å². The largest absolute Gasteiger partial charge is 0.490 e. The standard InChI is InChI=1S/C16H20O3/c1-9-5-11-7-14-12(6-10(2)18-14)13(15(11)19-9)8-16(17)3-4-16/h7,9-10,17H,3-6,8H2,1-2H3. The minimum absolute atomic E-state index is 0.238. The van der Waals surface area contributed by atoms with E-state index in [9.17, 15) is 5.11 Å². The molecule has 1 fully saturated rings. The van der Waals surface area contributed by atoms with Gasteiger partial charge in [-0.1, -0.05) is 0 Å². The van der Waals surface area contributed by atoms with Crippen molar-refractivity contribution in [2.75, 3.05) is 0 Å². The summed E-state index contributed by atoms with van der Waals surface area (Å²) < 4.78 is 11.9. The number of benzene rings is 1. The molecular formula is C16H20O3. The van der Waals surface area contributed by atoms with Crippen molar-refractivity contribution >= 4 is 0 Å². The molecule has 0 spiro atoms. The first-order chi connectivity index (χ1) is 9.04.